The van der Waals surface area contributed by atoms with Gasteiger partial charge in [0.2, 0.25) is 0 Å². The van der Waals surface area contributed by atoms with Crippen molar-refractivity contribution in [2.45, 2.75) is 31.3 Å². The van der Waals surface area contributed by atoms with E-state index in [9.17, 15) is 4.79 Å². The number of rotatable bonds is 4. The van der Waals surface area contributed by atoms with Crippen LogP contribution in [0.25, 0.3) is 0 Å². The summed E-state index contributed by atoms with van der Waals surface area (Å²) in [6, 6.07) is 0.553. The number of hydrogen-bond acceptors (Lipinski definition) is 5. The van der Waals surface area contributed by atoms with E-state index in [2.05, 4.69) is 23.9 Å². The molecule has 0 amide bonds. The van der Waals surface area contributed by atoms with Gasteiger partial charge in [-0.3, -0.25) is 9.69 Å². The predicted molar refractivity (Wildman–Crippen MR) is 67.8 cm³/mol. The summed E-state index contributed by atoms with van der Waals surface area (Å²) in [6.07, 6.45) is 2.36. The first-order chi connectivity index (χ1) is 7.86. The van der Waals surface area contributed by atoms with E-state index in [1.54, 1.807) is 6.92 Å². The first-order valence-electron chi connectivity index (χ1n) is 6.13. The second-order valence-corrected chi connectivity index (χ2v) is 5.40. The Morgan fingerprint density at radius 1 is 1.59 bits per heavy atom. The Morgan fingerprint density at radius 3 is 2.76 bits per heavy atom. The van der Waals surface area contributed by atoms with Crippen molar-refractivity contribution < 1.29 is 9.53 Å². The average Bonchev–Trinajstić information content (AvgIpc) is 2.27. The number of carbonyl (C=O) groups excluding carboxylic acids is 1. The molecule has 2 unspecified atom stereocenters. The number of likely N-dealkylation sites (tertiary alicyclic amines) is 1. The van der Waals surface area contributed by atoms with Crippen LogP contribution in [0, 0.1) is 0 Å². The molecule has 0 aromatic rings. The van der Waals surface area contributed by atoms with Gasteiger partial charge in [0.1, 0.15) is 5.54 Å². The molecule has 0 aromatic heterocycles. The SMILES string of the molecule is COC(=O)C(C)(N)CN1CCCC(N(C)C)C1. The van der Waals surface area contributed by atoms with Gasteiger partial charge < -0.3 is 15.4 Å². The third-order valence-electron chi connectivity index (χ3n) is 3.41. The fourth-order valence-electron chi connectivity index (χ4n) is 2.36. The molecule has 17 heavy (non-hydrogen) atoms. The smallest absolute Gasteiger partial charge is 0.326 e. The van der Waals surface area contributed by atoms with Crippen LogP contribution in [-0.2, 0) is 9.53 Å². The summed E-state index contributed by atoms with van der Waals surface area (Å²) in [4.78, 5) is 16.0. The fraction of sp³-hybridized carbons (Fsp3) is 0.917. The lowest BCUT2D eigenvalue weighted by Crippen LogP contribution is -2.57. The highest BCUT2D eigenvalue weighted by atomic mass is 16.5. The van der Waals surface area contributed by atoms with Crippen LogP contribution in [0.3, 0.4) is 0 Å². The minimum atomic E-state index is -0.914. The summed E-state index contributed by atoms with van der Waals surface area (Å²) in [5.74, 6) is -0.343. The summed E-state index contributed by atoms with van der Waals surface area (Å²) >= 11 is 0. The number of ether oxygens (including phenoxy) is 1. The van der Waals surface area contributed by atoms with E-state index in [-0.39, 0.29) is 5.97 Å². The molecule has 1 fully saturated rings. The average molecular weight is 243 g/mol. The molecule has 0 spiro atoms. The molecule has 0 radical (unpaired) electrons. The lowest BCUT2D eigenvalue weighted by Gasteiger charge is -2.38. The summed E-state index contributed by atoms with van der Waals surface area (Å²) in [6.45, 7) is 4.27. The van der Waals surface area contributed by atoms with E-state index in [0.29, 0.717) is 12.6 Å². The molecule has 2 N–H and O–H groups in total. The monoisotopic (exact) mass is 243 g/mol. The van der Waals surface area contributed by atoms with Crippen molar-refractivity contribution in [2.24, 2.45) is 5.73 Å². The van der Waals surface area contributed by atoms with Crippen LogP contribution in [0.15, 0.2) is 0 Å². The van der Waals surface area contributed by atoms with Crippen molar-refractivity contribution in [1.29, 1.82) is 0 Å². The van der Waals surface area contributed by atoms with Crippen molar-refractivity contribution in [3.05, 3.63) is 0 Å². The van der Waals surface area contributed by atoms with Crippen molar-refractivity contribution in [3.63, 3.8) is 0 Å². The first-order valence-corrected chi connectivity index (χ1v) is 6.13. The van der Waals surface area contributed by atoms with E-state index in [4.69, 9.17) is 10.5 Å². The Kier molecular flexibility index (Phi) is 4.91. The molecule has 0 bridgehead atoms. The number of nitrogens with two attached hydrogens (primary N) is 1. The maximum absolute atomic E-state index is 11.5. The molecule has 1 rings (SSSR count). The molecule has 0 saturated carbocycles. The van der Waals surface area contributed by atoms with Crippen molar-refractivity contribution in [1.82, 2.24) is 9.80 Å². The summed E-state index contributed by atoms with van der Waals surface area (Å²) in [5.41, 5.74) is 5.08. The van der Waals surface area contributed by atoms with Crippen LogP contribution in [0.4, 0.5) is 0 Å². The van der Waals surface area contributed by atoms with Crippen molar-refractivity contribution in [3.8, 4) is 0 Å². The highest BCUT2D eigenvalue weighted by Gasteiger charge is 2.33. The fourth-order valence-corrected chi connectivity index (χ4v) is 2.36. The molecule has 1 aliphatic rings. The van der Waals surface area contributed by atoms with Gasteiger partial charge >= 0.3 is 5.97 Å². The van der Waals surface area contributed by atoms with Gasteiger partial charge in [-0.25, -0.2) is 0 Å². The van der Waals surface area contributed by atoms with Crippen LogP contribution >= 0.6 is 0 Å². The molecule has 5 heteroatoms. The third-order valence-corrected chi connectivity index (χ3v) is 3.41. The summed E-state index contributed by atoms with van der Waals surface area (Å²) in [5, 5.41) is 0. The first kappa shape index (κ1) is 14.4. The van der Waals surface area contributed by atoms with Crippen LogP contribution < -0.4 is 5.73 Å². The van der Waals surface area contributed by atoms with Gasteiger partial charge in [0.15, 0.2) is 0 Å². The van der Waals surface area contributed by atoms with Gasteiger partial charge in [-0.1, -0.05) is 0 Å². The van der Waals surface area contributed by atoms with Crippen LogP contribution in [0.5, 0.6) is 0 Å². The van der Waals surface area contributed by atoms with Crippen LogP contribution in [0.1, 0.15) is 19.8 Å². The van der Waals surface area contributed by atoms with E-state index < -0.39 is 5.54 Å². The quantitative estimate of drug-likeness (QED) is 0.699. The summed E-state index contributed by atoms with van der Waals surface area (Å²) < 4.78 is 4.73. The Hall–Kier alpha value is -0.650. The van der Waals surface area contributed by atoms with Crippen LogP contribution in [-0.4, -0.2) is 68.2 Å². The molecule has 2 atom stereocenters. The van der Waals surface area contributed by atoms with Gasteiger partial charge in [0, 0.05) is 19.1 Å². The zero-order valence-electron chi connectivity index (χ0n) is 11.4. The lowest BCUT2D eigenvalue weighted by molar-refractivity contribution is -0.147. The van der Waals surface area contributed by atoms with E-state index in [0.717, 1.165) is 19.5 Å². The normalized spacial score (nSPS) is 25.6. The third kappa shape index (κ3) is 3.94. The summed E-state index contributed by atoms with van der Waals surface area (Å²) in [7, 11) is 5.57. The number of hydrogen-bond donors (Lipinski definition) is 1. The Morgan fingerprint density at radius 2 is 2.24 bits per heavy atom. The largest absolute Gasteiger partial charge is 0.468 e. The maximum atomic E-state index is 11.5. The number of nitrogens with zero attached hydrogens (tertiary/aromatic N) is 2. The molecule has 1 saturated heterocycles. The molecule has 0 aliphatic carbocycles. The van der Waals surface area contributed by atoms with E-state index >= 15 is 0 Å². The zero-order chi connectivity index (χ0) is 13.1. The molecule has 100 valence electrons. The molecular formula is C12H25N3O2. The topological polar surface area (TPSA) is 58.8 Å². The van der Waals surface area contributed by atoms with Gasteiger partial charge in [-0.15, -0.1) is 0 Å². The Labute approximate surface area is 104 Å². The predicted octanol–water partition coefficient (Wildman–Crippen LogP) is -0.0972. The Bertz CT molecular complexity index is 266. The molecular weight excluding hydrogens is 218 g/mol. The standard InChI is InChI=1S/C12H25N3O2/c1-12(13,11(16)17-4)9-15-7-5-6-10(8-15)14(2)3/h10H,5-9,13H2,1-4H3. The molecule has 0 aromatic carbocycles. The second kappa shape index (κ2) is 5.80. The van der Waals surface area contributed by atoms with Crippen molar-refractivity contribution >= 4 is 5.97 Å². The number of methoxy groups -OCH3 is 1. The second-order valence-electron chi connectivity index (χ2n) is 5.40. The van der Waals surface area contributed by atoms with Gasteiger partial charge in [-0.2, -0.15) is 0 Å². The zero-order valence-corrected chi connectivity index (χ0v) is 11.4. The lowest BCUT2D eigenvalue weighted by atomic mass is 9.99. The van der Waals surface area contributed by atoms with Crippen LogP contribution in [0.2, 0.25) is 0 Å². The van der Waals surface area contributed by atoms with Gasteiger partial charge in [0.05, 0.1) is 7.11 Å². The number of piperidine rings is 1. The number of likely N-dealkylation sites (N-methyl/N-ethyl adjacent to an activating group) is 1. The molecule has 5 nitrogen and oxygen atoms in total. The molecule has 1 aliphatic heterocycles. The maximum Gasteiger partial charge on any atom is 0.326 e. The number of carbonyl (C=O) groups is 1. The van der Waals surface area contributed by atoms with E-state index in [1.807, 2.05) is 0 Å². The van der Waals surface area contributed by atoms with E-state index in [1.165, 1.54) is 13.5 Å². The Balaban J connectivity index is 2.54. The highest BCUT2D eigenvalue weighted by Crippen LogP contribution is 2.16. The van der Waals surface area contributed by atoms with Gasteiger partial charge in [0.25, 0.3) is 0 Å². The van der Waals surface area contributed by atoms with Gasteiger partial charge in [-0.05, 0) is 40.4 Å². The number of esters is 1. The molecule has 1 heterocycles. The van der Waals surface area contributed by atoms with Crippen molar-refractivity contribution in [2.75, 3.05) is 40.8 Å². The highest BCUT2D eigenvalue weighted by molar-refractivity contribution is 5.80. The minimum absolute atomic E-state index is 0.343. The minimum Gasteiger partial charge on any atom is -0.468 e.